The van der Waals surface area contributed by atoms with Gasteiger partial charge in [0.25, 0.3) is 5.69 Å². The topological polar surface area (TPSA) is 106 Å². The van der Waals surface area contributed by atoms with Crippen molar-refractivity contribution in [3.63, 3.8) is 0 Å². The summed E-state index contributed by atoms with van der Waals surface area (Å²) in [6.07, 6.45) is 2.66. The molecule has 1 aromatic heterocycles. The van der Waals surface area contributed by atoms with Crippen LogP contribution in [0.2, 0.25) is 0 Å². The lowest BCUT2D eigenvalue weighted by Gasteiger charge is -1.99. The van der Waals surface area contributed by atoms with Crippen molar-refractivity contribution >= 4 is 22.7 Å². The lowest BCUT2D eigenvalue weighted by atomic mass is 10.1. The third-order valence-corrected chi connectivity index (χ3v) is 2.00. The van der Waals surface area contributed by atoms with Crippen LogP contribution in [0, 0.1) is 10.1 Å². The third kappa shape index (κ3) is 1.54. The van der Waals surface area contributed by atoms with Gasteiger partial charge in [-0.3, -0.25) is 15.1 Å². The van der Waals surface area contributed by atoms with Crippen molar-refractivity contribution in [1.29, 1.82) is 0 Å². The molecule has 7 nitrogen and oxygen atoms in total. The number of hydrogen-bond acceptors (Lipinski definition) is 5. The summed E-state index contributed by atoms with van der Waals surface area (Å²) in [4.78, 5) is 28.4. The summed E-state index contributed by atoms with van der Waals surface area (Å²) >= 11 is 0. The van der Waals surface area contributed by atoms with Gasteiger partial charge in [-0.1, -0.05) is 0 Å². The smallest absolute Gasteiger partial charge is 0.336 e. The van der Waals surface area contributed by atoms with Crippen LogP contribution in [0.3, 0.4) is 0 Å². The highest BCUT2D eigenvalue weighted by Gasteiger charge is 2.18. The summed E-state index contributed by atoms with van der Waals surface area (Å²) in [5.74, 6) is -1.24. The third-order valence-electron chi connectivity index (χ3n) is 2.00. The molecule has 0 amide bonds. The largest absolute Gasteiger partial charge is 0.478 e. The van der Waals surface area contributed by atoms with Crippen molar-refractivity contribution in [1.82, 2.24) is 9.97 Å². The molecule has 2 aromatic rings. The highest BCUT2D eigenvalue weighted by molar-refractivity contribution is 5.95. The molecule has 0 aliphatic rings. The van der Waals surface area contributed by atoms with Crippen molar-refractivity contribution in [3.8, 4) is 0 Å². The Morgan fingerprint density at radius 3 is 2.62 bits per heavy atom. The van der Waals surface area contributed by atoms with E-state index in [1.54, 1.807) is 0 Å². The van der Waals surface area contributed by atoms with Gasteiger partial charge in [-0.15, -0.1) is 0 Å². The molecule has 2 rings (SSSR count). The van der Waals surface area contributed by atoms with Gasteiger partial charge in [-0.25, -0.2) is 9.78 Å². The van der Waals surface area contributed by atoms with Crippen LogP contribution in [0.5, 0.6) is 0 Å². The molecule has 0 saturated carbocycles. The monoisotopic (exact) mass is 219 g/mol. The first-order valence-corrected chi connectivity index (χ1v) is 4.22. The zero-order chi connectivity index (χ0) is 11.7. The Bertz CT molecular complexity index is 596. The number of aromatic nitrogens is 2. The molecule has 0 fully saturated rings. The van der Waals surface area contributed by atoms with E-state index in [1.807, 2.05) is 0 Å². The number of rotatable bonds is 2. The van der Waals surface area contributed by atoms with Crippen LogP contribution in [-0.4, -0.2) is 26.0 Å². The molecular weight excluding hydrogens is 214 g/mol. The van der Waals surface area contributed by atoms with E-state index in [2.05, 4.69) is 9.97 Å². The minimum Gasteiger partial charge on any atom is -0.478 e. The average Bonchev–Trinajstić information content (AvgIpc) is 2.27. The van der Waals surface area contributed by atoms with E-state index in [0.29, 0.717) is 0 Å². The molecule has 0 spiro atoms. The van der Waals surface area contributed by atoms with Crippen LogP contribution >= 0.6 is 0 Å². The molecule has 0 aliphatic carbocycles. The number of nitro benzene ring substituents is 1. The molecule has 0 unspecified atom stereocenters. The summed E-state index contributed by atoms with van der Waals surface area (Å²) < 4.78 is 0. The molecule has 80 valence electrons. The van der Waals surface area contributed by atoms with Gasteiger partial charge in [0, 0.05) is 18.5 Å². The Morgan fingerprint density at radius 2 is 2.00 bits per heavy atom. The highest BCUT2D eigenvalue weighted by atomic mass is 16.6. The van der Waals surface area contributed by atoms with Gasteiger partial charge in [-0.05, 0) is 6.07 Å². The first-order valence-electron chi connectivity index (χ1n) is 4.22. The number of aromatic carboxylic acids is 1. The molecule has 0 saturated heterocycles. The lowest BCUT2D eigenvalue weighted by molar-refractivity contribution is -0.383. The maximum absolute atomic E-state index is 10.7. The van der Waals surface area contributed by atoms with Crippen molar-refractivity contribution in [3.05, 3.63) is 40.2 Å². The number of carboxylic acids is 1. The second-order valence-electron chi connectivity index (χ2n) is 2.98. The number of benzene rings is 1. The Balaban J connectivity index is 2.84. The van der Waals surface area contributed by atoms with Crippen LogP contribution in [0.15, 0.2) is 24.5 Å². The van der Waals surface area contributed by atoms with Gasteiger partial charge in [0.2, 0.25) is 0 Å². The molecule has 0 radical (unpaired) electrons. The lowest BCUT2D eigenvalue weighted by Crippen LogP contribution is -2.00. The SMILES string of the molecule is O=C(O)c1cc([N+](=O)[O-])c2nccnc2c1. The maximum atomic E-state index is 10.7. The summed E-state index contributed by atoms with van der Waals surface area (Å²) in [5.41, 5.74) is -0.269. The van der Waals surface area contributed by atoms with E-state index in [1.165, 1.54) is 18.5 Å². The number of fused-ring (bicyclic) bond motifs is 1. The first-order chi connectivity index (χ1) is 7.59. The number of carbonyl (C=O) groups is 1. The quantitative estimate of drug-likeness (QED) is 0.601. The van der Waals surface area contributed by atoms with E-state index < -0.39 is 10.9 Å². The molecule has 7 heteroatoms. The van der Waals surface area contributed by atoms with Gasteiger partial charge >= 0.3 is 5.97 Å². The molecule has 1 N–H and O–H groups in total. The molecule has 16 heavy (non-hydrogen) atoms. The van der Waals surface area contributed by atoms with Crippen molar-refractivity contribution in [2.75, 3.05) is 0 Å². The predicted molar refractivity (Wildman–Crippen MR) is 53.2 cm³/mol. The highest BCUT2D eigenvalue weighted by Crippen LogP contribution is 2.23. The average molecular weight is 219 g/mol. The Kier molecular flexibility index (Phi) is 2.20. The fourth-order valence-corrected chi connectivity index (χ4v) is 1.32. The zero-order valence-corrected chi connectivity index (χ0v) is 7.82. The fourth-order valence-electron chi connectivity index (χ4n) is 1.32. The molecule has 1 aromatic carbocycles. The van der Waals surface area contributed by atoms with Crippen molar-refractivity contribution in [2.24, 2.45) is 0 Å². The number of nitro groups is 1. The van der Waals surface area contributed by atoms with E-state index in [0.717, 1.165) is 6.07 Å². The molecule has 0 atom stereocenters. The summed E-state index contributed by atoms with van der Waals surface area (Å²) in [7, 11) is 0. The van der Waals surface area contributed by atoms with Gasteiger partial charge in [0.1, 0.15) is 0 Å². The number of nitrogens with zero attached hydrogens (tertiary/aromatic N) is 3. The van der Waals surface area contributed by atoms with Gasteiger partial charge in [-0.2, -0.15) is 0 Å². The maximum Gasteiger partial charge on any atom is 0.336 e. The second kappa shape index (κ2) is 3.54. The predicted octanol–water partition coefficient (Wildman–Crippen LogP) is 1.24. The van der Waals surface area contributed by atoms with Crippen LogP contribution in [-0.2, 0) is 0 Å². The van der Waals surface area contributed by atoms with Crippen molar-refractivity contribution < 1.29 is 14.8 Å². The Morgan fingerprint density at radius 1 is 1.31 bits per heavy atom. The zero-order valence-electron chi connectivity index (χ0n) is 7.82. The molecule has 0 aliphatic heterocycles. The molecular formula is C9H5N3O4. The van der Waals surface area contributed by atoms with Gasteiger partial charge < -0.3 is 5.11 Å². The number of non-ortho nitro benzene ring substituents is 1. The van der Waals surface area contributed by atoms with E-state index in [9.17, 15) is 14.9 Å². The Hall–Kier alpha value is -2.57. The summed E-state index contributed by atoms with van der Waals surface area (Å²) in [6, 6.07) is 2.22. The first kappa shape index (κ1) is 9.97. The minimum atomic E-state index is -1.24. The molecule has 1 heterocycles. The van der Waals surface area contributed by atoms with Crippen LogP contribution in [0.25, 0.3) is 11.0 Å². The fraction of sp³-hybridized carbons (Fsp3) is 0. The molecule has 0 bridgehead atoms. The number of carboxylic acid groups (broad SMARTS) is 1. The van der Waals surface area contributed by atoms with Gasteiger partial charge in [0.05, 0.1) is 16.0 Å². The van der Waals surface area contributed by atoms with Gasteiger partial charge in [0.15, 0.2) is 5.52 Å². The van der Waals surface area contributed by atoms with Crippen molar-refractivity contribution in [2.45, 2.75) is 0 Å². The number of hydrogen-bond donors (Lipinski definition) is 1. The normalized spacial score (nSPS) is 10.2. The van der Waals surface area contributed by atoms with E-state index in [-0.39, 0.29) is 22.3 Å². The summed E-state index contributed by atoms with van der Waals surface area (Å²) in [5, 5.41) is 19.5. The van der Waals surface area contributed by atoms with Crippen LogP contribution < -0.4 is 0 Å². The summed E-state index contributed by atoms with van der Waals surface area (Å²) in [6.45, 7) is 0. The Labute approximate surface area is 88.5 Å². The standard InChI is InChI=1S/C9H5N3O4/c13-9(14)5-3-6-8(11-2-1-10-6)7(4-5)12(15)16/h1-4H,(H,13,14). The van der Waals surface area contributed by atoms with E-state index >= 15 is 0 Å². The minimum absolute atomic E-state index is 0.0810. The van der Waals surface area contributed by atoms with E-state index in [4.69, 9.17) is 5.11 Å². The van der Waals surface area contributed by atoms with Crippen LogP contribution in [0.1, 0.15) is 10.4 Å². The van der Waals surface area contributed by atoms with Crippen LogP contribution in [0.4, 0.5) is 5.69 Å². The second-order valence-corrected chi connectivity index (χ2v) is 2.98.